The maximum Gasteiger partial charge on any atom is 0.118 e. The van der Waals surface area contributed by atoms with Crippen molar-refractivity contribution in [1.29, 1.82) is 0 Å². The van der Waals surface area contributed by atoms with Crippen molar-refractivity contribution in [2.45, 2.75) is 71.1 Å². The van der Waals surface area contributed by atoms with E-state index in [2.05, 4.69) is 11.9 Å². The Morgan fingerprint density at radius 3 is 1.91 bits per heavy atom. The number of aliphatic imine (C=N–C) groups is 1. The molecule has 22 heavy (non-hydrogen) atoms. The maximum atomic E-state index is 5.14. The molecule has 0 aliphatic heterocycles. The van der Waals surface area contributed by atoms with Gasteiger partial charge in [-0.1, -0.05) is 64.7 Å². The highest BCUT2D eigenvalue weighted by molar-refractivity contribution is 5.79. The Labute approximate surface area is 137 Å². The van der Waals surface area contributed by atoms with E-state index in [1.165, 1.54) is 64.2 Å². The van der Waals surface area contributed by atoms with Crippen LogP contribution >= 0.6 is 0 Å². The Balaban J connectivity index is 1.93. The van der Waals surface area contributed by atoms with E-state index in [0.717, 1.165) is 17.9 Å². The second kappa shape index (κ2) is 13.4. The lowest BCUT2D eigenvalue weighted by Gasteiger charge is -2.01. The Bertz CT molecular complexity index is 383. The lowest BCUT2D eigenvalue weighted by atomic mass is 10.1. The van der Waals surface area contributed by atoms with Gasteiger partial charge < -0.3 is 4.74 Å². The van der Waals surface area contributed by atoms with Crippen LogP contribution in [0, 0.1) is 0 Å². The standard InChI is InChI=1S/C20H33NO/c1-3-4-5-6-7-8-9-10-11-12-17-21-18-19-13-15-20(22-2)16-14-19/h13-16,18H,3-12,17H2,1-2H3/b21-18+. The van der Waals surface area contributed by atoms with Gasteiger partial charge in [-0.3, -0.25) is 4.99 Å². The van der Waals surface area contributed by atoms with E-state index in [4.69, 9.17) is 4.74 Å². The van der Waals surface area contributed by atoms with Crippen LogP contribution in [-0.4, -0.2) is 19.9 Å². The summed E-state index contributed by atoms with van der Waals surface area (Å²) in [6.45, 7) is 3.22. The molecule has 0 saturated heterocycles. The zero-order valence-electron chi connectivity index (χ0n) is 14.5. The number of hydrogen-bond donors (Lipinski definition) is 0. The fraction of sp³-hybridized carbons (Fsp3) is 0.650. The van der Waals surface area contributed by atoms with Gasteiger partial charge in [0.2, 0.25) is 0 Å². The average Bonchev–Trinajstić information content (AvgIpc) is 2.56. The highest BCUT2D eigenvalue weighted by Gasteiger charge is 1.93. The van der Waals surface area contributed by atoms with E-state index in [9.17, 15) is 0 Å². The van der Waals surface area contributed by atoms with Crippen LogP contribution in [0.2, 0.25) is 0 Å². The quantitative estimate of drug-likeness (QED) is 0.322. The van der Waals surface area contributed by atoms with Gasteiger partial charge in [-0.2, -0.15) is 0 Å². The summed E-state index contributed by atoms with van der Waals surface area (Å²) in [5, 5.41) is 0. The van der Waals surface area contributed by atoms with Crippen molar-refractivity contribution < 1.29 is 4.74 Å². The van der Waals surface area contributed by atoms with E-state index in [1.54, 1.807) is 7.11 Å². The Hall–Kier alpha value is -1.31. The molecule has 0 N–H and O–H groups in total. The summed E-state index contributed by atoms with van der Waals surface area (Å²) >= 11 is 0. The fourth-order valence-corrected chi connectivity index (χ4v) is 2.55. The van der Waals surface area contributed by atoms with Crippen LogP contribution in [0.3, 0.4) is 0 Å². The summed E-state index contributed by atoms with van der Waals surface area (Å²) in [6, 6.07) is 8.03. The first-order valence-electron chi connectivity index (χ1n) is 9.00. The lowest BCUT2D eigenvalue weighted by Crippen LogP contribution is -1.87. The number of methoxy groups -OCH3 is 1. The first kappa shape index (κ1) is 18.7. The van der Waals surface area contributed by atoms with Crippen LogP contribution in [0.25, 0.3) is 0 Å². The molecule has 1 aromatic rings. The number of ether oxygens (including phenoxy) is 1. The molecule has 1 aromatic carbocycles. The molecule has 2 heteroatoms. The molecule has 0 aliphatic carbocycles. The summed E-state index contributed by atoms with van der Waals surface area (Å²) in [5.41, 5.74) is 1.15. The minimum absolute atomic E-state index is 0.895. The minimum atomic E-state index is 0.895. The van der Waals surface area contributed by atoms with Crippen LogP contribution in [-0.2, 0) is 0 Å². The third-order valence-corrected chi connectivity index (χ3v) is 4.00. The molecule has 1 rings (SSSR count). The van der Waals surface area contributed by atoms with Gasteiger partial charge >= 0.3 is 0 Å². The highest BCUT2D eigenvalue weighted by atomic mass is 16.5. The number of nitrogens with zero attached hydrogens (tertiary/aromatic N) is 1. The molecule has 0 unspecified atom stereocenters. The van der Waals surface area contributed by atoms with Crippen LogP contribution < -0.4 is 4.74 Å². The van der Waals surface area contributed by atoms with Gasteiger partial charge in [0.15, 0.2) is 0 Å². The van der Waals surface area contributed by atoms with Crippen molar-refractivity contribution in [3.05, 3.63) is 29.8 Å². The maximum absolute atomic E-state index is 5.14. The minimum Gasteiger partial charge on any atom is -0.497 e. The molecule has 0 heterocycles. The normalized spacial score (nSPS) is 11.2. The molecule has 0 spiro atoms. The van der Waals surface area contributed by atoms with Crippen molar-refractivity contribution in [3.8, 4) is 5.75 Å². The lowest BCUT2D eigenvalue weighted by molar-refractivity contribution is 0.415. The van der Waals surface area contributed by atoms with Gasteiger partial charge in [-0.25, -0.2) is 0 Å². The highest BCUT2D eigenvalue weighted by Crippen LogP contribution is 2.11. The first-order chi connectivity index (χ1) is 10.9. The van der Waals surface area contributed by atoms with E-state index < -0.39 is 0 Å². The SMILES string of the molecule is CCCCCCCCCCCC/N=C/c1ccc(OC)cc1. The van der Waals surface area contributed by atoms with Gasteiger partial charge in [0.25, 0.3) is 0 Å². The summed E-state index contributed by atoms with van der Waals surface area (Å²) in [5.74, 6) is 0.895. The summed E-state index contributed by atoms with van der Waals surface area (Å²) in [6.07, 6.45) is 15.7. The van der Waals surface area contributed by atoms with Gasteiger partial charge in [0, 0.05) is 12.8 Å². The van der Waals surface area contributed by atoms with Crippen molar-refractivity contribution in [3.63, 3.8) is 0 Å². The molecule has 0 bridgehead atoms. The monoisotopic (exact) mass is 303 g/mol. The third kappa shape index (κ3) is 9.59. The van der Waals surface area contributed by atoms with Gasteiger partial charge in [0.1, 0.15) is 5.75 Å². The molecule has 2 nitrogen and oxygen atoms in total. The van der Waals surface area contributed by atoms with Crippen molar-refractivity contribution in [2.24, 2.45) is 4.99 Å². The number of benzene rings is 1. The van der Waals surface area contributed by atoms with Crippen molar-refractivity contribution in [1.82, 2.24) is 0 Å². The number of rotatable bonds is 13. The molecule has 124 valence electrons. The van der Waals surface area contributed by atoms with Gasteiger partial charge in [0.05, 0.1) is 7.11 Å². The van der Waals surface area contributed by atoms with E-state index in [1.807, 2.05) is 30.5 Å². The van der Waals surface area contributed by atoms with Crippen molar-refractivity contribution in [2.75, 3.05) is 13.7 Å². The van der Waals surface area contributed by atoms with Crippen LogP contribution in [0.4, 0.5) is 0 Å². The van der Waals surface area contributed by atoms with Gasteiger partial charge in [-0.15, -0.1) is 0 Å². The zero-order valence-corrected chi connectivity index (χ0v) is 14.5. The molecule has 0 radical (unpaired) electrons. The number of unbranched alkanes of at least 4 members (excludes halogenated alkanes) is 9. The summed E-state index contributed by atoms with van der Waals surface area (Å²) in [4.78, 5) is 4.50. The first-order valence-corrected chi connectivity index (χ1v) is 9.00. The Morgan fingerprint density at radius 2 is 1.36 bits per heavy atom. The molecule has 0 amide bonds. The molecule has 0 aromatic heterocycles. The van der Waals surface area contributed by atoms with Gasteiger partial charge in [-0.05, 0) is 36.2 Å². The smallest absolute Gasteiger partial charge is 0.118 e. The molecule has 0 atom stereocenters. The second-order valence-corrected chi connectivity index (χ2v) is 5.99. The largest absolute Gasteiger partial charge is 0.497 e. The second-order valence-electron chi connectivity index (χ2n) is 5.99. The van der Waals surface area contributed by atoms with Crippen LogP contribution in [0.15, 0.2) is 29.3 Å². The third-order valence-electron chi connectivity index (χ3n) is 4.00. The summed E-state index contributed by atoms with van der Waals surface area (Å²) in [7, 11) is 1.69. The molecule has 0 saturated carbocycles. The van der Waals surface area contributed by atoms with E-state index in [-0.39, 0.29) is 0 Å². The molecule has 0 aliphatic rings. The van der Waals surface area contributed by atoms with Crippen LogP contribution in [0.1, 0.15) is 76.7 Å². The Kier molecular flexibility index (Phi) is 11.4. The molecular formula is C20H33NO. The fourth-order valence-electron chi connectivity index (χ4n) is 2.55. The predicted octanol–water partition coefficient (Wildman–Crippen LogP) is 6.04. The zero-order chi connectivity index (χ0) is 15.9. The van der Waals surface area contributed by atoms with E-state index >= 15 is 0 Å². The topological polar surface area (TPSA) is 21.6 Å². The summed E-state index contributed by atoms with van der Waals surface area (Å²) < 4.78 is 5.14. The van der Waals surface area contributed by atoms with Crippen LogP contribution in [0.5, 0.6) is 5.75 Å². The molecule has 0 fully saturated rings. The molecular weight excluding hydrogens is 270 g/mol. The Morgan fingerprint density at radius 1 is 0.818 bits per heavy atom. The predicted molar refractivity (Wildman–Crippen MR) is 97.3 cm³/mol. The number of hydrogen-bond acceptors (Lipinski definition) is 2. The average molecular weight is 303 g/mol. The van der Waals surface area contributed by atoms with E-state index in [0.29, 0.717) is 0 Å². The van der Waals surface area contributed by atoms with Crippen molar-refractivity contribution >= 4 is 6.21 Å².